The normalized spacial score (nSPS) is 12.4. The monoisotopic (exact) mass is 414 g/mol. The molecule has 3 aromatic carbocycles. The van der Waals surface area contributed by atoms with Crippen LogP contribution in [0.3, 0.4) is 0 Å². The van der Waals surface area contributed by atoms with Crippen LogP contribution in [0.4, 0.5) is 0 Å². The van der Waals surface area contributed by atoms with Crippen molar-refractivity contribution < 1.29 is 13.2 Å². The zero-order valence-electron chi connectivity index (χ0n) is 16.2. The molecular formula is C24H18N2O3S. The molecule has 1 heterocycles. The van der Waals surface area contributed by atoms with E-state index in [1.807, 2.05) is 30.3 Å². The minimum absolute atomic E-state index is 0.102. The first-order chi connectivity index (χ1) is 14.5. The van der Waals surface area contributed by atoms with Gasteiger partial charge in [-0.2, -0.15) is 5.26 Å². The van der Waals surface area contributed by atoms with Gasteiger partial charge in [0.1, 0.15) is 6.04 Å². The van der Waals surface area contributed by atoms with Crippen molar-refractivity contribution in [2.75, 3.05) is 0 Å². The largest absolute Gasteiger partial charge is 0.323 e. The number of fused-ring (bicyclic) bond motifs is 1. The quantitative estimate of drug-likeness (QED) is 0.429. The number of rotatable bonds is 5. The van der Waals surface area contributed by atoms with E-state index in [0.717, 1.165) is 11.8 Å². The first-order valence-corrected chi connectivity index (χ1v) is 10.9. The summed E-state index contributed by atoms with van der Waals surface area (Å²) in [5.74, 6) is 0. The summed E-state index contributed by atoms with van der Waals surface area (Å²) < 4.78 is 27.9. The molecule has 4 aromatic rings. The van der Waals surface area contributed by atoms with Gasteiger partial charge in [-0.1, -0.05) is 48.5 Å². The molecule has 1 aromatic heterocycles. The van der Waals surface area contributed by atoms with E-state index in [-0.39, 0.29) is 9.79 Å². The van der Waals surface area contributed by atoms with Gasteiger partial charge in [-0.15, -0.1) is 0 Å². The fourth-order valence-electron chi connectivity index (χ4n) is 3.69. The molecule has 5 nitrogen and oxygen atoms in total. The maximum absolute atomic E-state index is 13.1. The third-order valence-corrected chi connectivity index (χ3v) is 6.88. The van der Waals surface area contributed by atoms with Crippen LogP contribution in [0, 0.1) is 11.3 Å². The molecule has 0 radical (unpaired) electrons. The Bertz CT molecular complexity index is 1380. The van der Waals surface area contributed by atoms with Gasteiger partial charge in [0.15, 0.2) is 6.29 Å². The second-order valence-electron chi connectivity index (χ2n) is 6.92. The van der Waals surface area contributed by atoms with Gasteiger partial charge in [0, 0.05) is 10.9 Å². The highest BCUT2D eigenvalue weighted by Gasteiger charge is 2.24. The third kappa shape index (κ3) is 3.10. The Kier molecular flexibility index (Phi) is 4.98. The number of aromatic nitrogens is 1. The number of hydrogen-bond donors (Lipinski definition) is 0. The lowest BCUT2D eigenvalue weighted by molar-refractivity contribution is 0.112. The maximum atomic E-state index is 13.1. The second kappa shape index (κ2) is 7.62. The molecule has 0 saturated carbocycles. The van der Waals surface area contributed by atoms with E-state index in [0.29, 0.717) is 22.2 Å². The highest BCUT2D eigenvalue weighted by molar-refractivity contribution is 7.91. The van der Waals surface area contributed by atoms with Gasteiger partial charge in [-0.3, -0.25) is 4.79 Å². The van der Waals surface area contributed by atoms with Gasteiger partial charge < -0.3 is 4.57 Å². The van der Waals surface area contributed by atoms with Crippen molar-refractivity contribution in [3.05, 3.63) is 84.4 Å². The fourth-order valence-corrected chi connectivity index (χ4v) is 5.00. The number of carbonyl (C=O) groups is 1. The molecule has 0 amide bonds. The van der Waals surface area contributed by atoms with Crippen molar-refractivity contribution in [1.29, 1.82) is 5.26 Å². The lowest BCUT2D eigenvalue weighted by Crippen LogP contribution is -2.05. The Morgan fingerprint density at radius 1 is 0.933 bits per heavy atom. The molecule has 148 valence electrons. The minimum atomic E-state index is -3.74. The van der Waals surface area contributed by atoms with E-state index >= 15 is 0 Å². The van der Waals surface area contributed by atoms with Crippen molar-refractivity contribution >= 4 is 27.0 Å². The Labute approximate surface area is 174 Å². The van der Waals surface area contributed by atoms with Crippen LogP contribution in [0.25, 0.3) is 22.2 Å². The van der Waals surface area contributed by atoms with Crippen LogP contribution in [-0.2, 0) is 9.84 Å². The fraction of sp³-hybridized carbons (Fsp3) is 0.0833. The molecule has 1 unspecified atom stereocenters. The van der Waals surface area contributed by atoms with E-state index in [1.54, 1.807) is 47.9 Å². The summed E-state index contributed by atoms with van der Waals surface area (Å²) in [6.07, 6.45) is 0.726. The summed E-state index contributed by atoms with van der Waals surface area (Å²) in [4.78, 5) is 12.4. The van der Waals surface area contributed by atoms with Crippen molar-refractivity contribution in [3.8, 4) is 17.3 Å². The molecule has 0 bridgehead atoms. The highest BCUT2D eigenvalue weighted by Crippen LogP contribution is 2.37. The first kappa shape index (κ1) is 19.6. The highest BCUT2D eigenvalue weighted by atomic mass is 32.2. The predicted molar refractivity (Wildman–Crippen MR) is 115 cm³/mol. The lowest BCUT2D eigenvalue weighted by Gasteiger charge is -2.13. The zero-order chi connectivity index (χ0) is 21.3. The second-order valence-corrected chi connectivity index (χ2v) is 8.87. The van der Waals surface area contributed by atoms with Gasteiger partial charge in [0.05, 0.1) is 27.1 Å². The van der Waals surface area contributed by atoms with Crippen molar-refractivity contribution in [3.63, 3.8) is 0 Å². The summed E-state index contributed by atoms with van der Waals surface area (Å²) in [5, 5.41) is 10.1. The molecule has 0 saturated heterocycles. The first-order valence-electron chi connectivity index (χ1n) is 9.37. The third-order valence-electron chi connectivity index (χ3n) is 5.12. The summed E-state index contributed by atoms with van der Waals surface area (Å²) in [5.41, 5.74) is 2.38. The Morgan fingerprint density at radius 2 is 1.57 bits per heavy atom. The topological polar surface area (TPSA) is 79.9 Å². The molecule has 0 spiro atoms. The van der Waals surface area contributed by atoms with Gasteiger partial charge in [0.25, 0.3) is 0 Å². The molecule has 1 atom stereocenters. The van der Waals surface area contributed by atoms with Crippen LogP contribution in [-0.4, -0.2) is 19.3 Å². The van der Waals surface area contributed by atoms with Crippen molar-refractivity contribution in [1.82, 2.24) is 4.57 Å². The molecule has 0 fully saturated rings. The number of carbonyl (C=O) groups excluding carboxylic acids is 1. The minimum Gasteiger partial charge on any atom is -0.323 e. The SMILES string of the molecule is CC(C#N)n1c(-c2ccccc2)c(C=O)c2cc(S(=O)(=O)c3ccccc3)ccc21. The van der Waals surface area contributed by atoms with Gasteiger partial charge >= 0.3 is 0 Å². The van der Waals surface area contributed by atoms with Gasteiger partial charge in [-0.25, -0.2) is 8.42 Å². The van der Waals surface area contributed by atoms with Crippen LogP contribution < -0.4 is 0 Å². The lowest BCUT2D eigenvalue weighted by atomic mass is 10.1. The summed E-state index contributed by atoms with van der Waals surface area (Å²) in [6, 6.07) is 23.9. The summed E-state index contributed by atoms with van der Waals surface area (Å²) in [7, 11) is -3.74. The molecule has 0 aliphatic rings. The summed E-state index contributed by atoms with van der Waals surface area (Å²) >= 11 is 0. The van der Waals surface area contributed by atoms with E-state index in [9.17, 15) is 18.5 Å². The maximum Gasteiger partial charge on any atom is 0.206 e. The van der Waals surface area contributed by atoms with Crippen LogP contribution >= 0.6 is 0 Å². The predicted octanol–water partition coefficient (Wildman–Crippen LogP) is 5.04. The van der Waals surface area contributed by atoms with Crippen molar-refractivity contribution in [2.45, 2.75) is 22.8 Å². The molecule has 30 heavy (non-hydrogen) atoms. The number of aldehydes is 1. The standard InChI is InChI=1S/C24H18N2O3S/c1-17(15-25)26-23-13-12-20(30(28,29)19-10-6-3-7-11-19)14-21(23)22(16-27)24(26)18-8-4-2-5-9-18/h2-14,16-17H,1H3. The van der Waals surface area contributed by atoms with Crippen molar-refractivity contribution in [2.24, 2.45) is 0 Å². The van der Waals surface area contributed by atoms with Crippen LogP contribution in [0.5, 0.6) is 0 Å². The average molecular weight is 414 g/mol. The average Bonchev–Trinajstić information content (AvgIpc) is 3.13. The van der Waals surface area contributed by atoms with E-state index in [4.69, 9.17) is 0 Å². The number of nitriles is 1. The van der Waals surface area contributed by atoms with Crippen LogP contribution in [0.15, 0.2) is 88.7 Å². The van der Waals surface area contributed by atoms with E-state index in [2.05, 4.69) is 6.07 Å². The van der Waals surface area contributed by atoms with E-state index < -0.39 is 15.9 Å². The van der Waals surface area contributed by atoms with E-state index in [1.165, 1.54) is 12.1 Å². The van der Waals surface area contributed by atoms with Crippen LogP contribution in [0.1, 0.15) is 23.3 Å². The Balaban J connectivity index is 2.05. The number of benzene rings is 3. The zero-order valence-corrected chi connectivity index (χ0v) is 17.0. The molecule has 4 rings (SSSR count). The molecule has 6 heteroatoms. The number of nitrogens with zero attached hydrogens (tertiary/aromatic N) is 2. The van der Waals surface area contributed by atoms with Gasteiger partial charge in [0.2, 0.25) is 9.84 Å². The number of sulfone groups is 1. The molecular weight excluding hydrogens is 396 g/mol. The number of hydrogen-bond acceptors (Lipinski definition) is 4. The smallest absolute Gasteiger partial charge is 0.206 e. The Morgan fingerprint density at radius 3 is 2.17 bits per heavy atom. The molecule has 0 aliphatic carbocycles. The Hall–Kier alpha value is -3.69. The molecule has 0 aliphatic heterocycles. The van der Waals surface area contributed by atoms with Gasteiger partial charge in [-0.05, 0) is 42.8 Å². The van der Waals surface area contributed by atoms with Crippen LogP contribution in [0.2, 0.25) is 0 Å². The molecule has 0 N–H and O–H groups in total. The summed E-state index contributed by atoms with van der Waals surface area (Å²) in [6.45, 7) is 1.75.